The number of sulfone groups is 1. The molecule has 186 valence electrons. The largest absolute Gasteiger partial charge is 0.389 e. The highest BCUT2D eigenvalue weighted by Crippen LogP contribution is 2.46. The number of aromatic nitrogens is 2. The fraction of sp³-hybridized carbons (Fsp3) is 0.500. The number of nitrogens with one attached hydrogen (secondary N) is 1. The van der Waals surface area contributed by atoms with E-state index < -0.39 is 26.1 Å². The Hall–Kier alpha value is -3.23. The van der Waals surface area contributed by atoms with Crippen LogP contribution in [0.5, 0.6) is 0 Å². The molecule has 11 heteroatoms. The molecule has 1 fully saturated rings. The summed E-state index contributed by atoms with van der Waals surface area (Å²) in [5, 5.41) is 26.0. The lowest BCUT2D eigenvalue weighted by molar-refractivity contribution is 0.0724. The lowest BCUT2D eigenvalue weighted by Crippen LogP contribution is -2.48. The van der Waals surface area contributed by atoms with Gasteiger partial charge in [-0.25, -0.2) is 8.42 Å². The number of nitrogens with zero attached hydrogens (tertiary/aromatic N) is 4. The summed E-state index contributed by atoms with van der Waals surface area (Å²) in [6.07, 6.45) is 1.29. The van der Waals surface area contributed by atoms with E-state index in [-0.39, 0.29) is 42.7 Å². The van der Waals surface area contributed by atoms with E-state index >= 15 is 0 Å². The van der Waals surface area contributed by atoms with Crippen LogP contribution in [0.2, 0.25) is 0 Å². The number of hydrogen-bond donors (Lipinski definition) is 2. The number of aryl methyl sites for hydroxylation is 1. The highest BCUT2D eigenvalue weighted by Gasteiger charge is 2.57. The molecule has 0 radical (unpaired) electrons. The molecule has 1 aromatic carbocycles. The molecule has 2 aliphatic rings. The third kappa shape index (κ3) is 4.94. The van der Waals surface area contributed by atoms with E-state index in [9.17, 15) is 23.1 Å². The van der Waals surface area contributed by atoms with Gasteiger partial charge in [-0.3, -0.25) is 14.3 Å². The van der Waals surface area contributed by atoms with Crippen LogP contribution < -0.4 is 5.32 Å². The number of fused-ring (bicyclic) bond motifs is 1. The number of hydrogen-bond acceptors (Lipinski definition) is 7. The molecule has 2 aromatic rings. The number of amides is 2. The van der Waals surface area contributed by atoms with Crippen LogP contribution in [0.1, 0.15) is 64.4 Å². The number of benzene rings is 1. The quantitative estimate of drug-likeness (QED) is 0.550. The van der Waals surface area contributed by atoms with Gasteiger partial charge in [-0.05, 0) is 50.8 Å². The maximum atomic E-state index is 13.3. The highest BCUT2D eigenvalue weighted by atomic mass is 32.2. The molecular formula is C24H29N5O5S. The Labute approximate surface area is 204 Å². The molecular weight excluding hydrogens is 470 g/mol. The van der Waals surface area contributed by atoms with Gasteiger partial charge in [0.05, 0.1) is 27.7 Å². The van der Waals surface area contributed by atoms with Crippen molar-refractivity contribution in [1.29, 1.82) is 5.26 Å². The molecule has 1 aliphatic heterocycles. The van der Waals surface area contributed by atoms with E-state index in [1.165, 1.54) is 23.4 Å². The highest BCUT2D eigenvalue weighted by molar-refractivity contribution is 7.93. The van der Waals surface area contributed by atoms with Gasteiger partial charge < -0.3 is 15.3 Å². The summed E-state index contributed by atoms with van der Waals surface area (Å²) >= 11 is 0. The van der Waals surface area contributed by atoms with Gasteiger partial charge in [0.25, 0.3) is 11.8 Å². The minimum atomic E-state index is -3.61. The van der Waals surface area contributed by atoms with E-state index in [1.54, 1.807) is 31.3 Å². The molecule has 1 aromatic heterocycles. The summed E-state index contributed by atoms with van der Waals surface area (Å²) in [5.41, 5.74) is 1.02. The fourth-order valence-corrected chi connectivity index (χ4v) is 6.85. The van der Waals surface area contributed by atoms with Gasteiger partial charge in [-0.1, -0.05) is 12.1 Å². The Morgan fingerprint density at radius 1 is 1.29 bits per heavy atom. The standard InChI is InChI=1S/C24H29N5O5S/c1-23(2,32)15-35(33,34)24(9-10-24)14-29-11-8-18-19(27-28(3)20(18)22(29)31)21(30)26-13-17-6-4-16(12-25)5-7-17/h4-7,32H,8-11,13-15H2,1-3H3,(H,26,30). The van der Waals surface area contributed by atoms with Crippen molar-refractivity contribution in [1.82, 2.24) is 20.0 Å². The number of carbonyl (C=O) groups excluding carboxylic acids is 2. The molecule has 10 nitrogen and oxygen atoms in total. The molecule has 2 heterocycles. The lowest BCUT2D eigenvalue weighted by atomic mass is 10.0. The Kier molecular flexibility index (Phi) is 6.23. The first-order valence-electron chi connectivity index (χ1n) is 11.4. The lowest BCUT2D eigenvalue weighted by Gasteiger charge is -2.32. The molecule has 1 saturated carbocycles. The van der Waals surface area contributed by atoms with Crippen LogP contribution in [-0.4, -0.2) is 69.2 Å². The summed E-state index contributed by atoms with van der Waals surface area (Å²) in [6.45, 7) is 3.52. The normalized spacial score (nSPS) is 17.0. The topological polar surface area (TPSA) is 145 Å². The van der Waals surface area contributed by atoms with Crippen molar-refractivity contribution in [2.45, 2.75) is 50.0 Å². The molecule has 0 unspecified atom stereocenters. The Morgan fingerprint density at radius 3 is 2.51 bits per heavy atom. The summed E-state index contributed by atoms with van der Waals surface area (Å²) in [5.74, 6) is -1.11. The predicted molar refractivity (Wildman–Crippen MR) is 127 cm³/mol. The van der Waals surface area contributed by atoms with Crippen LogP contribution in [0, 0.1) is 11.3 Å². The SMILES string of the molecule is Cn1nc(C(=O)NCc2ccc(C#N)cc2)c2c1C(=O)N(CC1(S(=O)(=O)CC(C)(C)O)CC1)CC2. The van der Waals surface area contributed by atoms with Crippen molar-refractivity contribution in [3.05, 3.63) is 52.3 Å². The van der Waals surface area contributed by atoms with Gasteiger partial charge in [-0.2, -0.15) is 10.4 Å². The maximum Gasteiger partial charge on any atom is 0.272 e. The summed E-state index contributed by atoms with van der Waals surface area (Å²) < 4.78 is 26.3. The van der Waals surface area contributed by atoms with Crippen LogP contribution in [0.25, 0.3) is 0 Å². The van der Waals surface area contributed by atoms with E-state index in [4.69, 9.17) is 5.26 Å². The maximum absolute atomic E-state index is 13.3. The summed E-state index contributed by atoms with van der Waals surface area (Å²) in [7, 11) is -2.02. The molecule has 1 aliphatic carbocycles. The van der Waals surface area contributed by atoms with Crippen LogP contribution in [0.15, 0.2) is 24.3 Å². The smallest absolute Gasteiger partial charge is 0.272 e. The van der Waals surface area contributed by atoms with Gasteiger partial charge >= 0.3 is 0 Å². The minimum Gasteiger partial charge on any atom is -0.389 e. The Morgan fingerprint density at radius 2 is 1.94 bits per heavy atom. The van der Waals surface area contributed by atoms with Crippen LogP contribution in [0.4, 0.5) is 0 Å². The zero-order valence-corrected chi connectivity index (χ0v) is 20.9. The van der Waals surface area contributed by atoms with Crippen molar-refractivity contribution < 1.29 is 23.1 Å². The molecule has 4 rings (SSSR count). The van der Waals surface area contributed by atoms with Gasteiger partial charge in [0.2, 0.25) is 0 Å². The second-order valence-corrected chi connectivity index (χ2v) is 12.4. The van der Waals surface area contributed by atoms with Crippen LogP contribution in [0.3, 0.4) is 0 Å². The predicted octanol–water partition coefficient (Wildman–Crippen LogP) is 0.938. The van der Waals surface area contributed by atoms with E-state index in [0.29, 0.717) is 30.4 Å². The average Bonchev–Trinajstić information content (AvgIpc) is 3.50. The third-order valence-corrected chi connectivity index (χ3v) is 9.45. The second kappa shape index (κ2) is 8.77. The zero-order chi connectivity index (χ0) is 25.6. The Bertz CT molecular complexity index is 1310. The second-order valence-electron chi connectivity index (χ2n) is 10.0. The van der Waals surface area contributed by atoms with E-state index in [1.807, 2.05) is 6.07 Å². The van der Waals surface area contributed by atoms with Crippen molar-refractivity contribution in [2.75, 3.05) is 18.8 Å². The molecule has 35 heavy (non-hydrogen) atoms. The van der Waals surface area contributed by atoms with E-state index in [2.05, 4.69) is 10.4 Å². The third-order valence-electron chi connectivity index (χ3n) is 6.51. The van der Waals surface area contributed by atoms with Crippen molar-refractivity contribution >= 4 is 21.7 Å². The van der Waals surface area contributed by atoms with Gasteiger partial charge in [0.1, 0.15) is 5.69 Å². The molecule has 0 spiro atoms. The number of carbonyl (C=O) groups is 2. The van der Waals surface area contributed by atoms with Gasteiger partial charge in [0.15, 0.2) is 15.5 Å². The summed E-state index contributed by atoms with van der Waals surface area (Å²) in [6, 6.07) is 8.91. The van der Waals surface area contributed by atoms with Gasteiger partial charge in [0, 0.05) is 32.2 Å². The van der Waals surface area contributed by atoms with Crippen LogP contribution >= 0.6 is 0 Å². The first kappa shape index (κ1) is 24.9. The first-order valence-corrected chi connectivity index (χ1v) is 13.1. The average molecular weight is 500 g/mol. The van der Waals surface area contributed by atoms with E-state index in [0.717, 1.165) is 5.56 Å². The number of aliphatic hydroxyl groups is 1. The number of nitriles is 1. The van der Waals surface area contributed by atoms with Gasteiger partial charge in [-0.15, -0.1) is 0 Å². The fourth-order valence-electron chi connectivity index (χ4n) is 4.54. The monoisotopic (exact) mass is 499 g/mol. The molecule has 2 amide bonds. The van der Waals surface area contributed by atoms with Crippen molar-refractivity contribution in [3.63, 3.8) is 0 Å². The molecule has 0 atom stereocenters. The molecule has 2 N–H and O–H groups in total. The van der Waals surface area contributed by atoms with Crippen molar-refractivity contribution in [2.24, 2.45) is 7.05 Å². The van der Waals surface area contributed by atoms with Crippen molar-refractivity contribution in [3.8, 4) is 6.07 Å². The zero-order valence-electron chi connectivity index (χ0n) is 20.0. The molecule has 0 bridgehead atoms. The Balaban J connectivity index is 1.48. The first-order chi connectivity index (χ1) is 16.4. The minimum absolute atomic E-state index is 0.0646. The van der Waals surface area contributed by atoms with Crippen LogP contribution in [-0.2, 0) is 29.9 Å². The summed E-state index contributed by atoms with van der Waals surface area (Å²) in [4.78, 5) is 27.7. The number of rotatable bonds is 8. The molecule has 0 saturated heterocycles.